The maximum atomic E-state index is 5.46. The van der Waals surface area contributed by atoms with E-state index < -0.39 is 0 Å². The van der Waals surface area contributed by atoms with Crippen LogP contribution in [0.15, 0.2) is 28.7 Å². The molecular weight excluding hydrogens is 260 g/mol. The molecule has 1 aromatic rings. The van der Waals surface area contributed by atoms with Gasteiger partial charge in [0.15, 0.2) is 0 Å². The number of nitrogens with two attached hydrogens (primary N) is 1. The van der Waals surface area contributed by atoms with Gasteiger partial charge in [0.05, 0.1) is 4.99 Å². The van der Waals surface area contributed by atoms with Gasteiger partial charge in [-0.3, -0.25) is 0 Å². The van der Waals surface area contributed by atoms with Crippen LogP contribution in [0, 0.1) is 0 Å². The van der Waals surface area contributed by atoms with Crippen LogP contribution in [-0.4, -0.2) is 11.0 Å². The Balaban J connectivity index is 2.51. The smallest absolute Gasteiger partial charge is 0.0747 e. The van der Waals surface area contributed by atoms with E-state index >= 15 is 0 Å². The van der Waals surface area contributed by atoms with Crippen molar-refractivity contribution >= 4 is 38.8 Å². The molecule has 1 aromatic carbocycles. The summed E-state index contributed by atoms with van der Waals surface area (Å²) in [7, 11) is 0. The fraction of sp³-hybridized carbons (Fsp3) is 0.300. The van der Waals surface area contributed by atoms with Crippen LogP contribution in [0.5, 0.6) is 0 Å². The van der Waals surface area contributed by atoms with Gasteiger partial charge in [-0.1, -0.05) is 28.1 Å². The van der Waals surface area contributed by atoms with Crippen molar-refractivity contribution in [2.45, 2.75) is 19.4 Å². The first-order valence-electron chi connectivity index (χ1n) is 4.38. The highest BCUT2D eigenvalue weighted by Crippen LogP contribution is 2.15. The van der Waals surface area contributed by atoms with Gasteiger partial charge in [-0.05, 0) is 31.2 Å². The number of thiocarbonyl (C=S) groups is 1. The van der Waals surface area contributed by atoms with E-state index in [1.54, 1.807) is 0 Å². The zero-order valence-electron chi connectivity index (χ0n) is 7.96. The van der Waals surface area contributed by atoms with Gasteiger partial charge in [0.1, 0.15) is 0 Å². The van der Waals surface area contributed by atoms with Gasteiger partial charge in [0, 0.05) is 22.6 Å². The van der Waals surface area contributed by atoms with E-state index in [2.05, 4.69) is 28.2 Å². The molecular formula is C10H13BrN2S. The van der Waals surface area contributed by atoms with Crippen LogP contribution in [-0.2, 0) is 0 Å². The first kappa shape index (κ1) is 11.5. The zero-order chi connectivity index (χ0) is 10.6. The van der Waals surface area contributed by atoms with Gasteiger partial charge in [-0.2, -0.15) is 0 Å². The summed E-state index contributed by atoms with van der Waals surface area (Å²) >= 11 is 8.22. The van der Waals surface area contributed by atoms with Crippen LogP contribution in [0.3, 0.4) is 0 Å². The molecule has 1 unspecified atom stereocenters. The normalized spacial score (nSPS) is 12.1. The molecule has 0 spiro atoms. The van der Waals surface area contributed by atoms with E-state index in [0.717, 1.165) is 10.2 Å². The van der Waals surface area contributed by atoms with Crippen molar-refractivity contribution < 1.29 is 0 Å². The molecule has 0 bridgehead atoms. The lowest BCUT2D eigenvalue weighted by molar-refractivity contribution is 0.839. The predicted molar refractivity (Wildman–Crippen MR) is 68.6 cm³/mol. The van der Waals surface area contributed by atoms with Crippen molar-refractivity contribution in [2.24, 2.45) is 5.73 Å². The molecule has 1 rings (SSSR count). The second kappa shape index (κ2) is 5.32. The number of halogens is 1. The second-order valence-electron chi connectivity index (χ2n) is 3.22. The molecule has 2 nitrogen and oxygen atoms in total. The van der Waals surface area contributed by atoms with Gasteiger partial charge in [0.25, 0.3) is 0 Å². The Morgan fingerprint density at radius 3 is 2.57 bits per heavy atom. The minimum absolute atomic E-state index is 0.272. The van der Waals surface area contributed by atoms with Crippen molar-refractivity contribution in [2.75, 3.05) is 5.32 Å². The highest BCUT2D eigenvalue weighted by Gasteiger charge is 2.02. The van der Waals surface area contributed by atoms with Crippen LogP contribution < -0.4 is 11.1 Å². The van der Waals surface area contributed by atoms with Gasteiger partial charge in [-0.15, -0.1) is 0 Å². The molecule has 14 heavy (non-hydrogen) atoms. The molecule has 3 N–H and O–H groups in total. The Hall–Kier alpha value is -0.610. The zero-order valence-corrected chi connectivity index (χ0v) is 10.4. The molecule has 0 aromatic heterocycles. The minimum atomic E-state index is 0.272. The van der Waals surface area contributed by atoms with Crippen molar-refractivity contribution in [3.63, 3.8) is 0 Å². The Kier molecular flexibility index (Phi) is 4.35. The van der Waals surface area contributed by atoms with E-state index in [4.69, 9.17) is 18.0 Å². The van der Waals surface area contributed by atoms with E-state index in [1.807, 2.05) is 24.3 Å². The number of rotatable bonds is 4. The van der Waals surface area contributed by atoms with Gasteiger partial charge < -0.3 is 11.1 Å². The average molecular weight is 273 g/mol. The van der Waals surface area contributed by atoms with Crippen LogP contribution >= 0.6 is 28.1 Å². The lowest BCUT2D eigenvalue weighted by atomic mass is 10.2. The quantitative estimate of drug-likeness (QED) is 0.828. The van der Waals surface area contributed by atoms with Crippen molar-refractivity contribution in [3.8, 4) is 0 Å². The number of benzene rings is 1. The fourth-order valence-electron chi connectivity index (χ4n) is 1.18. The highest BCUT2D eigenvalue weighted by molar-refractivity contribution is 9.10. The van der Waals surface area contributed by atoms with Crippen molar-refractivity contribution in [1.29, 1.82) is 0 Å². The Morgan fingerprint density at radius 2 is 2.07 bits per heavy atom. The summed E-state index contributed by atoms with van der Waals surface area (Å²) in [4.78, 5) is 0.544. The van der Waals surface area contributed by atoms with E-state index in [0.29, 0.717) is 11.4 Å². The SMILES string of the molecule is CC(CC(N)=S)Nc1ccc(Br)cc1. The van der Waals surface area contributed by atoms with E-state index in [9.17, 15) is 0 Å². The van der Waals surface area contributed by atoms with Crippen LogP contribution in [0.4, 0.5) is 5.69 Å². The predicted octanol–water partition coefficient (Wildman–Crippen LogP) is 2.93. The van der Waals surface area contributed by atoms with E-state index in [-0.39, 0.29) is 6.04 Å². The Morgan fingerprint density at radius 1 is 1.50 bits per heavy atom. The molecule has 4 heteroatoms. The molecule has 0 saturated carbocycles. The molecule has 0 aliphatic carbocycles. The number of anilines is 1. The lowest BCUT2D eigenvalue weighted by Crippen LogP contribution is -2.22. The number of hydrogen-bond donors (Lipinski definition) is 2. The van der Waals surface area contributed by atoms with Crippen molar-refractivity contribution in [3.05, 3.63) is 28.7 Å². The summed E-state index contributed by atoms with van der Waals surface area (Å²) in [6.45, 7) is 2.06. The maximum Gasteiger partial charge on any atom is 0.0747 e. The minimum Gasteiger partial charge on any atom is -0.393 e. The Labute approximate surface area is 98.0 Å². The molecule has 0 aliphatic heterocycles. The summed E-state index contributed by atoms with van der Waals surface area (Å²) in [5.41, 5.74) is 6.54. The third kappa shape index (κ3) is 4.07. The monoisotopic (exact) mass is 272 g/mol. The van der Waals surface area contributed by atoms with E-state index in [1.165, 1.54) is 0 Å². The standard InChI is InChI=1S/C10H13BrN2S/c1-7(6-10(12)14)13-9-4-2-8(11)3-5-9/h2-5,7,13H,6H2,1H3,(H2,12,14). The van der Waals surface area contributed by atoms with Gasteiger partial charge in [-0.25, -0.2) is 0 Å². The number of hydrogen-bond acceptors (Lipinski definition) is 2. The summed E-state index contributed by atoms with van der Waals surface area (Å²) in [6, 6.07) is 8.29. The summed E-state index contributed by atoms with van der Waals surface area (Å²) in [5, 5.41) is 3.31. The highest BCUT2D eigenvalue weighted by atomic mass is 79.9. The van der Waals surface area contributed by atoms with Crippen LogP contribution in [0.2, 0.25) is 0 Å². The fourth-order valence-corrected chi connectivity index (χ4v) is 1.70. The van der Waals surface area contributed by atoms with Gasteiger partial charge in [0.2, 0.25) is 0 Å². The Bertz CT molecular complexity index is 310. The topological polar surface area (TPSA) is 38.0 Å². The number of nitrogens with one attached hydrogen (secondary N) is 1. The summed E-state index contributed by atoms with van der Waals surface area (Å²) in [6.07, 6.45) is 0.714. The molecule has 0 radical (unpaired) electrons. The maximum absolute atomic E-state index is 5.46. The summed E-state index contributed by atoms with van der Waals surface area (Å²) < 4.78 is 1.07. The first-order chi connectivity index (χ1) is 6.58. The molecule has 1 atom stereocenters. The van der Waals surface area contributed by atoms with Crippen LogP contribution in [0.1, 0.15) is 13.3 Å². The molecule has 0 saturated heterocycles. The molecule has 0 aliphatic rings. The van der Waals surface area contributed by atoms with Gasteiger partial charge >= 0.3 is 0 Å². The molecule has 0 amide bonds. The first-order valence-corrected chi connectivity index (χ1v) is 5.58. The van der Waals surface area contributed by atoms with Crippen molar-refractivity contribution in [1.82, 2.24) is 0 Å². The molecule has 0 heterocycles. The largest absolute Gasteiger partial charge is 0.393 e. The summed E-state index contributed by atoms with van der Waals surface area (Å²) in [5.74, 6) is 0. The third-order valence-corrected chi connectivity index (χ3v) is 2.46. The second-order valence-corrected chi connectivity index (χ2v) is 4.66. The molecule has 76 valence electrons. The average Bonchev–Trinajstić information content (AvgIpc) is 2.07. The molecule has 0 fully saturated rings. The lowest BCUT2D eigenvalue weighted by Gasteiger charge is -2.14. The van der Waals surface area contributed by atoms with Crippen LogP contribution in [0.25, 0.3) is 0 Å². The third-order valence-electron chi connectivity index (χ3n) is 1.76.